The fourth-order valence-corrected chi connectivity index (χ4v) is 2.40. The van der Waals surface area contributed by atoms with Gasteiger partial charge in [-0.1, -0.05) is 30.3 Å². The third kappa shape index (κ3) is 3.27. The maximum absolute atomic E-state index is 12.1. The van der Waals surface area contributed by atoms with Crippen molar-refractivity contribution >= 4 is 5.97 Å². The van der Waals surface area contributed by atoms with Crippen molar-refractivity contribution in [3.63, 3.8) is 0 Å². The SMILES string of the molecule is CCCc1noc(COC(=O)C2COc3ccccc3C2)n1. The Morgan fingerprint density at radius 3 is 3.14 bits per heavy atom. The molecule has 0 fully saturated rings. The highest BCUT2D eigenvalue weighted by molar-refractivity contribution is 5.73. The Labute approximate surface area is 128 Å². The summed E-state index contributed by atoms with van der Waals surface area (Å²) in [6, 6.07) is 7.72. The van der Waals surface area contributed by atoms with Gasteiger partial charge in [0.25, 0.3) is 5.89 Å². The average molecular weight is 302 g/mol. The molecule has 0 amide bonds. The molecule has 1 unspecified atom stereocenters. The molecular formula is C16H18N2O4. The van der Waals surface area contributed by atoms with Crippen LogP contribution in [0.4, 0.5) is 0 Å². The van der Waals surface area contributed by atoms with E-state index in [1.54, 1.807) is 0 Å². The summed E-state index contributed by atoms with van der Waals surface area (Å²) in [5, 5.41) is 3.82. The number of fused-ring (bicyclic) bond motifs is 1. The molecule has 1 aliphatic heterocycles. The third-order valence-corrected chi connectivity index (χ3v) is 3.53. The Hall–Kier alpha value is -2.37. The number of esters is 1. The standard InChI is InChI=1S/C16H18N2O4/c1-2-5-14-17-15(22-18-14)10-21-16(19)12-8-11-6-3-4-7-13(11)20-9-12/h3-4,6-7,12H,2,5,8-10H2,1H3. The van der Waals surface area contributed by atoms with E-state index in [2.05, 4.69) is 10.1 Å². The van der Waals surface area contributed by atoms with Crippen molar-refractivity contribution in [2.75, 3.05) is 6.61 Å². The molecule has 0 saturated carbocycles. The zero-order valence-electron chi connectivity index (χ0n) is 12.4. The summed E-state index contributed by atoms with van der Waals surface area (Å²) in [7, 11) is 0. The molecule has 2 aromatic rings. The van der Waals surface area contributed by atoms with E-state index in [-0.39, 0.29) is 18.5 Å². The normalized spacial score (nSPS) is 16.7. The van der Waals surface area contributed by atoms with Crippen LogP contribution in [0.1, 0.15) is 30.6 Å². The molecule has 1 aliphatic rings. The van der Waals surface area contributed by atoms with Gasteiger partial charge < -0.3 is 14.0 Å². The van der Waals surface area contributed by atoms with E-state index in [9.17, 15) is 4.79 Å². The van der Waals surface area contributed by atoms with Crippen LogP contribution in [-0.2, 0) is 29.0 Å². The predicted molar refractivity (Wildman–Crippen MR) is 77.2 cm³/mol. The first-order chi connectivity index (χ1) is 10.8. The summed E-state index contributed by atoms with van der Waals surface area (Å²) in [5.41, 5.74) is 1.03. The number of para-hydroxylation sites is 1. The minimum absolute atomic E-state index is 0.00763. The van der Waals surface area contributed by atoms with Crippen LogP contribution in [0, 0.1) is 5.92 Å². The molecule has 22 heavy (non-hydrogen) atoms. The molecule has 0 N–H and O–H groups in total. The summed E-state index contributed by atoms with van der Waals surface area (Å²) in [6.07, 6.45) is 2.32. The molecule has 1 aromatic heterocycles. The highest BCUT2D eigenvalue weighted by atomic mass is 16.6. The van der Waals surface area contributed by atoms with E-state index in [0.717, 1.165) is 24.2 Å². The van der Waals surface area contributed by atoms with Gasteiger partial charge in [-0.3, -0.25) is 4.79 Å². The zero-order valence-corrected chi connectivity index (χ0v) is 12.4. The fourth-order valence-electron chi connectivity index (χ4n) is 2.40. The number of carbonyl (C=O) groups is 1. The van der Waals surface area contributed by atoms with Crippen molar-refractivity contribution in [3.8, 4) is 5.75 Å². The molecule has 0 aliphatic carbocycles. The first kappa shape index (κ1) is 14.6. The van der Waals surface area contributed by atoms with Gasteiger partial charge in [0.1, 0.15) is 12.4 Å². The van der Waals surface area contributed by atoms with Gasteiger partial charge in [0.15, 0.2) is 12.4 Å². The van der Waals surface area contributed by atoms with E-state index in [1.165, 1.54) is 0 Å². The van der Waals surface area contributed by atoms with Gasteiger partial charge in [0, 0.05) is 6.42 Å². The topological polar surface area (TPSA) is 74.5 Å². The van der Waals surface area contributed by atoms with Crippen molar-refractivity contribution in [2.45, 2.75) is 32.8 Å². The van der Waals surface area contributed by atoms with Crippen LogP contribution in [0.2, 0.25) is 0 Å². The lowest BCUT2D eigenvalue weighted by Gasteiger charge is -2.23. The maximum Gasteiger partial charge on any atom is 0.313 e. The van der Waals surface area contributed by atoms with E-state index < -0.39 is 0 Å². The predicted octanol–water partition coefficient (Wildman–Crippen LogP) is 2.32. The molecule has 116 valence electrons. The van der Waals surface area contributed by atoms with Crippen LogP contribution >= 0.6 is 0 Å². The second-order valence-electron chi connectivity index (χ2n) is 5.28. The first-order valence-electron chi connectivity index (χ1n) is 7.45. The van der Waals surface area contributed by atoms with E-state index in [1.807, 2.05) is 31.2 Å². The van der Waals surface area contributed by atoms with Crippen LogP contribution in [0.5, 0.6) is 5.75 Å². The molecule has 0 radical (unpaired) electrons. The van der Waals surface area contributed by atoms with Crippen LogP contribution in [0.15, 0.2) is 28.8 Å². The van der Waals surface area contributed by atoms with Gasteiger partial charge in [0.05, 0.1) is 5.92 Å². The quantitative estimate of drug-likeness (QED) is 0.789. The molecular weight excluding hydrogens is 284 g/mol. The molecule has 2 heterocycles. The number of aryl methyl sites for hydroxylation is 1. The molecule has 6 nitrogen and oxygen atoms in total. The number of nitrogens with zero attached hydrogens (tertiary/aromatic N) is 2. The van der Waals surface area contributed by atoms with Crippen molar-refractivity contribution in [1.82, 2.24) is 10.1 Å². The third-order valence-electron chi connectivity index (χ3n) is 3.53. The molecule has 0 spiro atoms. The highest BCUT2D eigenvalue weighted by Crippen LogP contribution is 2.27. The van der Waals surface area contributed by atoms with Gasteiger partial charge >= 0.3 is 5.97 Å². The number of hydrogen-bond acceptors (Lipinski definition) is 6. The van der Waals surface area contributed by atoms with Gasteiger partial charge in [-0.25, -0.2) is 0 Å². The molecule has 6 heteroatoms. The van der Waals surface area contributed by atoms with E-state index >= 15 is 0 Å². The fraction of sp³-hybridized carbons (Fsp3) is 0.438. The van der Waals surface area contributed by atoms with Gasteiger partial charge in [-0.2, -0.15) is 4.98 Å². The van der Waals surface area contributed by atoms with Crippen LogP contribution in [0.3, 0.4) is 0 Å². The van der Waals surface area contributed by atoms with Gasteiger partial charge in [0.2, 0.25) is 0 Å². The molecule has 1 atom stereocenters. The Bertz CT molecular complexity index is 653. The lowest BCUT2D eigenvalue weighted by Crippen LogP contribution is -2.29. The highest BCUT2D eigenvalue weighted by Gasteiger charge is 2.27. The van der Waals surface area contributed by atoms with Gasteiger partial charge in [-0.15, -0.1) is 0 Å². The maximum atomic E-state index is 12.1. The number of hydrogen-bond donors (Lipinski definition) is 0. The summed E-state index contributed by atoms with van der Waals surface area (Å²) >= 11 is 0. The Morgan fingerprint density at radius 2 is 2.27 bits per heavy atom. The first-order valence-corrected chi connectivity index (χ1v) is 7.45. The Morgan fingerprint density at radius 1 is 1.41 bits per heavy atom. The van der Waals surface area contributed by atoms with Crippen molar-refractivity contribution in [1.29, 1.82) is 0 Å². The molecule has 0 bridgehead atoms. The summed E-state index contributed by atoms with van der Waals surface area (Å²) in [4.78, 5) is 16.3. The van der Waals surface area contributed by atoms with Crippen molar-refractivity contribution in [3.05, 3.63) is 41.5 Å². The van der Waals surface area contributed by atoms with Crippen LogP contribution < -0.4 is 4.74 Å². The number of ether oxygens (including phenoxy) is 2. The smallest absolute Gasteiger partial charge is 0.313 e. The monoisotopic (exact) mass is 302 g/mol. The summed E-state index contributed by atoms with van der Waals surface area (Å²) in [5.74, 6) is 1.21. The minimum atomic E-state index is -0.301. The Balaban J connectivity index is 1.54. The molecule has 3 rings (SSSR count). The van der Waals surface area contributed by atoms with Crippen molar-refractivity contribution < 1.29 is 18.8 Å². The van der Waals surface area contributed by atoms with Crippen molar-refractivity contribution in [2.24, 2.45) is 5.92 Å². The molecule has 0 saturated heterocycles. The summed E-state index contributed by atoms with van der Waals surface area (Å²) in [6.45, 7) is 2.38. The number of benzene rings is 1. The zero-order chi connectivity index (χ0) is 15.4. The van der Waals surface area contributed by atoms with Crippen LogP contribution in [-0.4, -0.2) is 22.7 Å². The Kier molecular flexibility index (Phi) is 4.37. The lowest BCUT2D eigenvalue weighted by atomic mass is 9.97. The second-order valence-corrected chi connectivity index (χ2v) is 5.28. The van der Waals surface area contributed by atoms with Gasteiger partial charge in [-0.05, 0) is 24.5 Å². The number of aromatic nitrogens is 2. The average Bonchev–Trinajstić information content (AvgIpc) is 3.00. The minimum Gasteiger partial charge on any atom is -0.492 e. The van der Waals surface area contributed by atoms with E-state index in [0.29, 0.717) is 24.7 Å². The molecule has 1 aromatic carbocycles. The second kappa shape index (κ2) is 6.60. The lowest BCUT2D eigenvalue weighted by molar-refractivity contribution is -0.152. The van der Waals surface area contributed by atoms with Crippen LogP contribution in [0.25, 0.3) is 0 Å². The largest absolute Gasteiger partial charge is 0.492 e. The number of rotatable bonds is 5. The number of carbonyl (C=O) groups excluding carboxylic acids is 1. The summed E-state index contributed by atoms with van der Waals surface area (Å²) < 4.78 is 15.9. The van der Waals surface area contributed by atoms with E-state index in [4.69, 9.17) is 14.0 Å².